The van der Waals surface area contributed by atoms with E-state index in [1.807, 2.05) is 61.5 Å². The molecule has 0 fully saturated rings. The van der Waals surface area contributed by atoms with E-state index >= 15 is 0 Å². The molecule has 3 aromatic rings. The molecule has 1 N–H and O–H groups in total. The molecule has 0 bridgehead atoms. The summed E-state index contributed by atoms with van der Waals surface area (Å²) in [6, 6.07) is 17.0. The van der Waals surface area contributed by atoms with Crippen LogP contribution in [0.3, 0.4) is 0 Å². The number of aryl methyl sites for hydroxylation is 1. The summed E-state index contributed by atoms with van der Waals surface area (Å²) in [7, 11) is 1.63. The van der Waals surface area contributed by atoms with E-state index in [0.29, 0.717) is 17.0 Å². The number of carbonyl (C=O) groups is 1. The zero-order valence-corrected chi connectivity index (χ0v) is 14.4. The second-order valence-corrected chi connectivity index (χ2v) is 5.80. The normalized spacial score (nSPS) is 11.8. The predicted molar refractivity (Wildman–Crippen MR) is 95.6 cm³/mol. The van der Waals surface area contributed by atoms with Crippen LogP contribution in [0.1, 0.15) is 34.6 Å². The summed E-state index contributed by atoms with van der Waals surface area (Å²) in [5.74, 6) is 1.07. The van der Waals surface area contributed by atoms with Gasteiger partial charge >= 0.3 is 0 Å². The molecule has 1 atom stereocenters. The van der Waals surface area contributed by atoms with E-state index in [9.17, 15) is 4.79 Å². The number of benzene rings is 2. The standard InChI is InChI=1S/C20H20N2O3/c1-13(15-9-11-17(24-3)12-10-15)21-20(23)18-14(2)25-22-19(18)16-7-5-4-6-8-16/h4-13H,1-3H3,(H,21,23)/t13-/m1/s1. The molecule has 0 aliphatic carbocycles. The molecule has 0 unspecified atom stereocenters. The summed E-state index contributed by atoms with van der Waals surface area (Å²) in [6.45, 7) is 3.68. The van der Waals surface area contributed by atoms with Crippen LogP contribution in [-0.4, -0.2) is 18.2 Å². The molecule has 1 amide bonds. The van der Waals surface area contributed by atoms with Gasteiger partial charge in [0.25, 0.3) is 5.91 Å². The van der Waals surface area contributed by atoms with E-state index in [-0.39, 0.29) is 11.9 Å². The van der Waals surface area contributed by atoms with Gasteiger partial charge in [-0.15, -0.1) is 0 Å². The lowest BCUT2D eigenvalue weighted by Gasteiger charge is -2.15. The van der Waals surface area contributed by atoms with Crippen LogP contribution in [-0.2, 0) is 0 Å². The SMILES string of the molecule is COc1ccc([C@@H](C)NC(=O)c2c(-c3ccccc3)noc2C)cc1. The minimum atomic E-state index is -0.207. The smallest absolute Gasteiger partial charge is 0.257 e. The second-order valence-electron chi connectivity index (χ2n) is 5.80. The van der Waals surface area contributed by atoms with Gasteiger partial charge in [0.15, 0.2) is 0 Å². The first-order valence-electron chi connectivity index (χ1n) is 8.06. The Bertz CT molecular complexity index is 854. The van der Waals surface area contributed by atoms with Gasteiger partial charge in [-0.1, -0.05) is 47.6 Å². The van der Waals surface area contributed by atoms with E-state index in [4.69, 9.17) is 9.26 Å². The maximum absolute atomic E-state index is 12.8. The van der Waals surface area contributed by atoms with Gasteiger partial charge < -0.3 is 14.6 Å². The van der Waals surface area contributed by atoms with Crippen LogP contribution in [0.25, 0.3) is 11.3 Å². The molecule has 5 nitrogen and oxygen atoms in total. The molecule has 1 aromatic heterocycles. The van der Waals surface area contributed by atoms with Gasteiger partial charge in [-0.3, -0.25) is 4.79 Å². The van der Waals surface area contributed by atoms with Gasteiger partial charge in [-0.2, -0.15) is 0 Å². The number of nitrogens with one attached hydrogen (secondary N) is 1. The van der Waals surface area contributed by atoms with Crippen molar-refractivity contribution in [1.29, 1.82) is 0 Å². The summed E-state index contributed by atoms with van der Waals surface area (Å²) >= 11 is 0. The molecule has 0 aliphatic rings. The number of nitrogens with zero attached hydrogens (tertiary/aromatic N) is 1. The van der Waals surface area contributed by atoms with Gasteiger partial charge in [-0.25, -0.2) is 0 Å². The Morgan fingerprint density at radius 1 is 1.12 bits per heavy atom. The summed E-state index contributed by atoms with van der Waals surface area (Å²) in [6.07, 6.45) is 0. The van der Waals surface area contributed by atoms with Crippen LogP contribution in [0.4, 0.5) is 0 Å². The first kappa shape index (κ1) is 16.8. The van der Waals surface area contributed by atoms with Crippen molar-refractivity contribution in [2.45, 2.75) is 19.9 Å². The van der Waals surface area contributed by atoms with Gasteiger partial charge in [0.1, 0.15) is 22.8 Å². The van der Waals surface area contributed by atoms with Crippen molar-refractivity contribution in [2.75, 3.05) is 7.11 Å². The number of carbonyl (C=O) groups excluding carboxylic acids is 1. The molecule has 0 saturated carbocycles. The Hall–Kier alpha value is -3.08. The van der Waals surface area contributed by atoms with Gasteiger partial charge in [0.2, 0.25) is 0 Å². The molecule has 0 aliphatic heterocycles. The Kier molecular flexibility index (Phi) is 4.84. The molecule has 5 heteroatoms. The monoisotopic (exact) mass is 336 g/mol. The molecular weight excluding hydrogens is 316 g/mol. The van der Waals surface area contributed by atoms with E-state index in [2.05, 4.69) is 10.5 Å². The minimum absolute atomic E-state index is 0.156. The number of ether oxygens (including phenoxy) is 1. The van der Waals surface area contributed by atoms with Crippen molar-refractivity contribution >= 4 is 5.91 Å². The molecular formula is C20H20N2O3. The van der Waals surface area contributed by atoms with E-state index in [1.165, 1.54) is 0 Å². The fraction of sp³-hybridized carbons (Fsp3) is 0.200. The van der Waals surface area contributed by atoms with Crippen LogP contribution in [0.2, 0.25) is 0 Å². The fourth-order valence-corrected chi connectivity index (χ4v) is 2.68. The minimum Gasteiger partial charge on any atom is -0.497 e. The van der Waals surface area contributed by atoms with Crippen LogP contribution >= 0.6 is 0 Å². The van der Waals surface area contributed by atoms with Crippen LogP contribution in [0.5, 0.6) is 5.75 Å². The number of amides is 1. The van der Waals surface area contributed by atoms with Crippen molar-refractivity contribution in [3.05, 3.63) is 71.5 Å². The zero-order valence-electron chi connectivity index (χ0n) is 14.4. The Balaban J connectivity index is 1.82. The Morgan fingerprint density at radius 2 is 1.80 bits per heavy atom. The third-order valence-electron chi connectivity index (χ3n) is 4.10. The largest absolute Gasteiger partial charge is 0.497 e. The molecule has 25 heavy (non-hydrogen) atoms. The molecule has 3 rings (SSSR count). The van der Waals surface area contributed by atoms with Crippen molar-refractivity contribution < 1.29 is 14.1 Å². The average Bonchev–Trinajstić information content (AvgIpc) is 3.04. The van der Waals surface area contributed by atoms with Gasteiger partial charge in [-0.05, 0) is 31.5 Å². The number of methoxy groups -OCH3 is 1. The molecule has 0 saturated heterocycles. The average molecular weight is 336 g/mol. The summed E-state index contributed by atoms with van der Waals surface area (Å²) in [5.41, 5.74) is 2.86. The second kappa shape index (κ2) is 7.21. The third-order valence-corrected chi connectivity index (χ3v) is 4.10. The van der Waals surface area contributed by atoms with E-state index in [0.717, 1.165) is 16.9 Å². The highest BCUT2D eigenvalue weighted by molar-refractivity contribution is 6.00. The number of aromatic nitrogens is 1. The van der Waals surface area contributed by atoms with E-state index < -0.39 is 0 Å². The highest BCUT2D eigenvalue weighted by Crippen LogP contribution is 2.26. The maximum Gasteiger partial charge on any atom is 0.257 e. The first-order chi connectivity index (χ1) is 12.1. The number of hydrogen-bond donors (Lipinski definition) is 1. The Labute approximate surface area is 146 Å². The maximum atomic E-state index is 12.8. The van der Waals surface area contributed by atoms with Crippen molar-refractivity contribution in [3.63, 3.8) is 0 Å². The predicted octanol–water partition coefficient (Wildman–Crippen LogP) is 4.15. The quantitative estimate of drug-likeness (QED) is 0.760. The van der Waals surface area contributed by atoms with Crippen molar-refractivity contribution in [3.8, 4) is 17.0 Å². The molecule has 0 radical (unpaired) electrons. The molecule has 2 aromatic carbocycles. The van der Waals surface area contributed by atoms with Gasteiger partial charge in [0, 0.05) is 5.56 Å². The van der Waals surface area contributed by atoms with Crippen LogP contribution in [0, 0.1) is 6.92 Å². The topological polar surface area (TPSA) is 64.4 Å². The lowest BCUT2D eigenvalue weighted by molar-refractivity contribution is 0.0939. The summed E-state index contributed by atoms with van der Waals surface area (Å²) in [5, 5.41) is 7.06. The number of hydrogen-bond acceptors (Lipinski definition) is 4. The van der Waals surface area contributed by atoms with Crippen LogP contribution < -0.4 is 10.1 Å². The zero-order chi connectivity index (χ0) is 17.8. The van der Waals surface area contributed by atoms with Gasteiger partial charge in [0.05, 0.1) is 13.2 Å². The van der Waals surface area contributed by atoms with Crippen LogP contribution in [0.15, 0.2) is 59.1 Å². The first-order valence-corrected chi connectivity index (χ1v) is 8.06. The van der Waals surface area contributed by atoms with E-state index in [1.54, 1.807) is 14.0 Å². The van der Waals surface area contributed by atoms with Crippen molar-refractivity contribution in [1.82, 2.24) is 10.5 Å². The lowest BCUT2D eigenvalue weighted by Crippen LogP contribution is -2.27. The lowest BCUT2D eigenvalue weighted by atomic mass is 10.0. The molecule has 1 heterocycles. The summed E-state index contributed by atoms with van der Waals surface area (Å²) < 4.78 is 10.4. The Morgan fingerprint density at radius 3 is 2.44 bits per heavy atom. The number of rotatable bonds is 5. The molecule has 128 valence electrons. The highest BCUT2D eigenvalue weighted by Gasteiger charge is 2.23. The molecule has 0 spiro atoms. The summed E-state index contributed by atoms with van der Waals surface area (Å²) in [4.78, 5) is 12.8. The highest BCUT2D eigenvalue weighted by atomic mass is 16.5. The third kappa shape index (κ3) is 3.55. The van der Waals surface area contributed by atoms with Crippen molar-refractivity contribution in [2.24, 2.45) is 0 Å². The fourth-order valence-electron chi connectivity index (χ4n) is 2.68.